The van der Waals surface area contributed by atoms with Crippen LogP contribution in [0.25, 0.3) is 0 Å². The minimum atomic E-state index is -3.55. The molecule has 0 heterocycles. The van der Waals surface area contributed by atoms with Crippen LogP contribution in [0.15, 0.2) is 53.4 Å². The molecule has 1 amide bonds. The van der Waals surface area contributed by atoms with Crippen LogP contribution in [-0.2, 0) is 20.2 Å². The SMILES string of the molecule is CN(C)S(=O)(=O)c1cccc(NC(=O)CNc2ccccc2C(C)(C)C)c1. The van der Waals surface area contributed by atoms with Crippen molar-refractivity contribution in [3.63, 3.8) is 0 Å². The van der Waals surface area contributed by atoms with Gasteiger partial charge in [-0.25, -0.2) is 12.7 Å². The molecule has 0 spiro atoms. The van der Waals surface area contributed by atoms with Crippen LogP contribution in [-0.4, -0.2) is 39.3 Å². The molecule has 0 unspecified atom stereocenters. The van der Waals surface area contributed by atoms with Gasteiger partial charge in [-0.05, 0) is 35.2 Å². The van der Waals surface area contributed by atoms with Crippen molar-refractivity contribution < 1.29 is 13.2 Å². The largest absolute Gasteiger partial charge is 0.376 e. The molecule has 0 aliphatic heterocycles. The fourth-order valence-corrected chi connectivity index (χ4v) is 3.57. The van der Waals surface area contributed by atoms with Crippen molar-refractivity contribution in [2.45, 2.75) is 31.1 Å². The van der Waals surface area contributed by atoms with E-state index in [1.54, 1.807) is 12.1 Å². The predicted octanol–water partition coefficient (Wildman–Crippen LogP) is 3.29. The quantitative estimate of drug-likeness (QED) is 0.795. The fraction of sp³-hybridized carbons (Fsp3) is 0.350. The highest BCUT2D eigenvalue weighted by Crippen LogP contribution is 2.29. The normalized spacial score (nSPS) is 12.1. The zero-order valence-corrected chi connectivity index (χ0v) is 17.2. The number of para-hydroxylation sites is 1. The summed E-state index contributed by atoms with van der Waals surface area (Å²) < 4.78 is 25.6. The summed E-state index contributed by atoms with van der Waals surface area (Å²) in [6, 6.07) is 14.1. The number of hydrogen-bond acceptors (Lipinski definition) is 4. The predicted molar refractivity (Wildman–Crippen MR) is 110 cm³/mol. The lowest BCUT2D eigenvalue weighted by molar-refractivity contribution is -0.114. The third kappa shape index (κ3) is 5.30. The topological polar surface area (TPSA) is 78.5 Å². The molecule has 0 bridgehead atoms. The van der Waals surface area contributed by atoms with Gasteiger partial charge in [-0.15, -0.1) is 0 Å². The Morgan fingerprint density at radius 2 is 1.70 bits per heavy atom. The number of hydrogen-bond donors (Lipinski definition) is 2. The van der Waals surface area contributed by atoms with Crippen LogP contribution in [0.4, 0.5) is 11.4 Å². The number of nitrogens with zero attached hydrogens (tertiary/aromatic N) is 1. The molecule has 0 saturated carbocycles. The average molecular weight is 390 g/mol. The van der Waals surface area contributed by atoms with E-state index in [4.69, 9.17) is 0 Å². The molecule has 0 saturated heterocycles. The maximum absolute atomic E-state index is 12.3. The lowest BCUT2D eigenvalue weighted by Gasteiger charge is -2.23. The number of nitrogens with one attached hydrogen (secondary N) is 2. The van der Waals surface area contributed by atoms with E-state index in [0.717, 1.165) is 15.6 Å². The Balaban J connectivity index is 2.08. The van der Waals surface area contributed by atoms with Gasteiger partial charge in [0, 0.05) is 25.5 Å². The van der Waals surface area contributed by atoms with Gasteiger partial charge in [-0.1, -0.05) is 45.0 Å². The second-order valence-corrected chi connectivity index (χ2v) is 9.66. The van der Waals surface area contributed by atoms with Crippen molar-refractivity contribution in [1.82, 2.24) is 4.31 Å². The number of rotatable bonds is 6. The molecule has 27 heavy (non-hydrogen) atoms. The third-order valence-corrected chi connectivity index (χ3v) is 5.88. The summed E-state index contributed by atoms with van der Waals surface area (Å²) >= 11 is 0. The highest BCUT2D eigenvalue weighted by Gasteiger charge is 2.19. The monoisotopic (exact) mass is 389 g/mol. The summed E-state index contributed by atoms with van der Waals surface area (Å²) in [6.45, 7) is 6.43. The van der Waals surface area contributed by atoms with Gasteiger partial charge in [-0.3, -0.25) is 4.79 Å². The molecule has 2 rings (SSSR count). The van der Waals surface area contributed by atoms with E-state index in [0.29, 0.717) is 5.69 Å². The number of benzene rings is 2. The van der Waals surface area contributed by atoms with E-state index >= 15 is 0 Å². The highest BCUT2D eigenvalue weighted by molar-refractivity contribution is 7.89. The average Bonchev–Trinajstić information content (AvgIpc) is 2.59. The van der Waals surface area contributed by atoms with Crippen molar-refractivity contribution in [2.75, 3.05) is 31.3 Å². The van der Waals surface area contributed by atoms with Crippen LogP contribution in [0.1, 0.15) is 26.3 Å². The molecular weight excluding hydrogens is 362 g/mol. The van der Waals surface area contributed by atoms with Crippen LogP contribution in [0.5, 0.6) is 0 Å². The van der Waals surface area contributed by atoms with Gasteiger partial charge in [0.05, 0.1) is 11.4 Å². The Hall–Kier alpha value is -2.38. The molecule has 0 aliphatic carbocycles. The van der Waals surface area contributed by atoms with Gasteiger partial charge in [0.15, 0.2) is 0 Å². The van der Waals surface area contributed by atoms with Gasteiger partial charge in [0.1, 0.15) is 0 Å². The van der Waals surface area contributed by atoms with E-state index in [2.05, 4.69) is 31.4 Å². The molecule has 0 fully saturated rings. The first kappa shape index (κ1) is 20.9. The molecule has 2 aromatic carbocycles. The van der Waals surface area contributed by atoms with Crippen LogP contribution in [0, 0.1) is 0 Å². The Labute approximate surface area is 161 Å². The summed E-state index contributed by atoms with van der Waals surface area (Å²) in [4.78, 5) is 12.4. The number of carbonyl (C=O) groups excluding carboxylic acids is 1. The van der Waals surface area contributed by atoms with Gasteiger partial charge in [0.2, 0.25) is 15.9 Å². The minimum absolute atomic E-state index is 0.0467. The second-order valence-electron chi connectivity index (χ2n) is 7.51. The molecule has 7 heteroatoms. The zero-order valence-electron chi connectivity index (χ0n) is 16.4. The highest BCUT2D eigenvalue weighted by atomic mass is 32.2. The number of anilines is 2. The zero-order chi connectivity index (χ0) is 20.2. The molecule has 0 atom stereocenters. The summed E-state index contributed by atoms with van der Waals surface area (Å²) in [6.07, 6.45) is 0. The van der Waals surface area contributed by atoms with Crippen molar-refractivity contribution in [2.24, 2.45) is 0 Å². The van der Waals surface area contributed by atoms with E-state index in [-0.39, 0.29) is 22.8 Å². The van der Waals surface area contributed by atoms with Crippen molar-refractivity contribution >= 4 is 27.3 Å². The minimum Gasteiger partial charge on any atom is -0.376 e. The number of sulfonamides is 1. The van der Waals surface area contributed by atoms with E-state index in [1.165, 1.54) is 26.2 Å². The first-order chi connectivity index (χ1) is 12.5. The van der Waals surface area contributed by atoms with Gasteiger partial charge < -0.3 is 10.6 Å². The van der Waals surface area contributed by atoms with Crippen LogP contribution in [0.3, 0.4) is 0 Å². The Morgan fingerprint density at radius 3 is 2.33 bits per heavy atom. The standard InChI is InChI=1S/C20H27N3O3S/c1-20(2,3)17-11-6-7-12-18(17)21-14-19(24)22-15-9-8-10-16(13-15)27(25,26)23(4)5/h6-13,21H,14H2,1-5H3,(H,22,24). The lowest BCUT2D eigenvalue weighted by atomic mass is 9.86. The first-order valence-corrected chi connectivity index (χ1v) is 10.1. The molecule has 2 aromatic rings. The number of amides is 1. The third-order valence-electron chi connectivity index (χ3n) is 4.07. The van der Waals surface area contributed by atoms with Crippen molar-refractivity contribution in [3.8, 4) is 0 Å². The molecule has 2 N–H and O–H groups in total. The maximum atomic E-state index is 12.3. The summed E-state index contributed by atoms with van der Waals surface area (Å²) in [5.74, 6) is -0.252. The summed E-state index contributed by atoms with van der Waals surface area (Å²) in [5, 5.41) is 5.90. The van der Waals surface area contributed by atoms with Gasteiger partial charge in [-0.2, -0.15) is 0 Å². The maximum Gasteiger partial charge on any atom is 0.243 e. The first-order valence-electron chi connectivity index (χ1n) is 8.67. The molecule has 0 radical (unpaired) electrons. The van der Waals surface area contributed by atoms with Crippen LogP contribution in [0.2, 0.25) is 0 Å². The second kappa shape index (κ2) is 8.10. The van der Waals surface area contributed by atoms with E-state index < -0.39 is 10.0 Å². The van der Waals surface area contributed by atoms with E-state index in [1.807, 2.05) is 24.3 Å². The smallest absolute Gasteiger partial charge is 0.243 e. The Bertz CT molecular complexity index is 916. The van der Waals surface area contributed by atoms with Gasteiger partial charge >= 0.3 is 0 Å². The lowest BCUT2D eigenvalue weighted by Crippen LogP contribution is -2.24. The molecule has 146 valence electrons. The molecule has 6 nitrogen and oxygen atoms in total. The van der Waals surface area contributed by atoms with Gasteiger partial charge in [0.25, 0.3) is 0 Å². The summed E-state index contributed by atoms with van der Waals surface area (Å²) in [5.41, 5.74) is 2.42. The Morgan fingerprint density at radius 1 is 1.04 bits per heavy atom. The van der Waals surface area contributed by atoms with Crippen LogP contribution >= 0.6 is 0 Å². The molecule has 0 aliphatic rings. The van der Waals surface area contributed by atoms with Crippen LogP contribution < -0.4 is 10.6 Å². The Kier molecular flexibility index (Phi) is 6.28. The number of carbonyl (C=O) groups is 1. The summed E-state index contributed by atoms with van der Waals surface area (Å²) in [7, 11) is -0.607. The van der Waals surface area contributed by atoms with Crippen molar-refractivity contribution in [1.29, 1.82) is 0 Å². The molecule has 0 aromatic heterocycles. The van der Waals surface area contributed by atoms with Crippen molar-refractivity contribution in [3.05, 3.63) is 54.1 Å². The fourth-order valence-electron chi connectivity index (χ4n) is 2.62. The molecular formula is C20H27N3O3S. The van der Waals surface area contributed by atoms with E-state index in [9.17, 15) is 13.2 Å².